The van der Waals surface area contributed by atoms with E-state index < -0.39 is 10.0 Å². The SMILES string of the molecule is Cc1ccccc1-c1noc(CN(C)C(=O)CN(Cc2ccccc2)S(C)(=O)=O)n1. The number of amides is 1. The smallest absolute Gasteiger partial charge is 0.246 e. The molecule has 1 amide bonds. The molecule has 0 bridgehead atoms. The fourth-order valence-electron chi connectivity index (χ4n) is 2.89. The molecule has 0 aliphatic heterocycles. The van der Waals surface area contributed by atoms with E-state index >= 15 is 0 Å². The number of rotatable bonds is 8. The van der Waals surface area contributed by atoms with Gasteiger partial charge in [0.1, 0.15) is 0 Å². The van der Waals surface area contributed by atoms with E-state index in [-0.39, 0.29) is 31.4 Å². The van der Waals surface area contributed by atoms with Gasteiger partial charge in [0, 0.05) is 19.2 Å². The van der Waals surface area contributed by atoms with E-state index in [9.17, 15) is 13.2 Å². The minimum absolute atomic E-state index is 0.0840. The first-order valence-electron chi connectivity index (χ1n) is 9.35. The summed E-state index contributed by atoms with van der Waals surface area (Å²) in [6.07, 6.45) is 1.09. The van der Waals surface area contributed by atoms with E-state index in [0.29, 0.717) is 5.82 Å². The van der Waals surface area contributed by atoms with Crippen LogP contribution in [0.1, 0.15) is 17.0 Å². The van der Waals surface area contributed by atoms with Crippen molar-refractivity contribution in [2.24, 2.45) is 0 Å². The van der Waals surface area contributed by atoms with Gasteiger partial charge >= 0.3 is 0 Å². The highest BCUT2D eigenvalue weighted by Crippen LogP contribution is 2.20. The molecule has 9 heteroatoms. The highest BCUT2D eigenvalue weighted by Gasteiger charge is 2.23. The first-order chi connectivity index (χ1) is 14.2. The Labute approximate surface area is 176 Å². The molecule has 0 saturated heterocycles. The Balaban J connectivity index is 1.67. The lowest BCUT2D eigenvalue weighted by atomic mass is 10.1. The molecule has 1 aromatic heterocycles. The Bertz CT molecular complexity index is 1110. The summed E-state index contributed by atoms with van der Waals surface area (Å²) in [4.78, 5) is 18.4. The maximum absolute atomic E-state index is 12.7. The molecular formula is C21H24N4O4S. The highest BCUT2D eigenvalue weighted by atomic mass is 32.2. The molecule has 0 saturated carbocycles. The van der Waals surface area contributed by atoms with Crippen LogP contribution in [0.25, 0.3) is 11.4 Å². The Kier molecular flexibility index (Phi) is 6.63. The van der Waals surface area contributed by atoms with Crippen molar-refractivity contribution in [3.63, 3.8) is 0 Å². The monoisotopic (exact) mass is 428 g/mol. The number of carbonyl (C=O) groups is 1. The lowest BCUT2D eigenvalue weighted by molar-refractivity contribution is -0.131. The van der Waals surface area contributed by atoms with Gasteiger partial charge in [-0.15, -0.1) is 0 Å². The number of likely N-dealkylation sites (N-methyl/N-ethyl adjacent to an activating group) is 1. The lowest BCUT2D eigenvalue weighted by Crippen LogP contribution is -2.40. The molecule has 3 aromatic rings. The summed E-state index contributed by atoms with van der Waals surface area (Å²) in [5.41, 5.74) is 2.67. The predicted molar refractivity (Wildman–Crippen MR) is 113 cm³/mol. The van der Waals surface area contributed by atoms with Crippen LogP contribution in [-0.2, 0) is 27.9 Å². The largest absolute Gasteiger partial charge is 0.337 e. The molecule has 3 rings (SSSR count). The molecule has 0 atom stereocenters. The fraction of sp³-hybridized carbons (Fsp3) is 0.286. The second-order valence-corrected chi connectivity index (χ2v) is 9.08. The first-order valence-corrected chi connectivity index (χ1v) is 11.2. The second kappa shape index (κ2) is 9.19. The maximum atomic E-state index is 12.7. The zero-order valence-corrected chi connectivity index (χ0v) is 18.0. The Morgan fingerprint density at radius 1 is 1.03 bits per heavy atom. The van der Waals surface area contributed by atoms with E-state index in [2.05, 4.69) is 10.1 Å². The molecule has 0 unspecified atom stereocenters. The Morgan fingerprint density at radius 3 is 2.37 bits per heavy atom. The molecule has 0 aliphatic rings. The number of nitrogens with zero attached hydrogens (tertiary/aromatic N) is 4. The number of hydrogen-bond acceptors (Lipinski definition) is 6. The van der Waals surface area contributed by atoms with E-state index in [1.807, 2.05) is 61.5 Å². The average Bonchev–Trinajstić information content (AvgIpc) is 3.16. The molecule has 0 radical (unpaired) electrons. The number of benzene rings is 2. The van der Waals surface area contributed by atoms with Crippen molar-refractivity contribution in [1.29, 1.82) is 0 Å². The van der Waals surface area contributed by atoms with Gasteiger partial charge in [-0.25, -0.2) is 8.42 Å². The summed E-state index contributed by atoms with van der Waals surface area (Å²) in [6.45, 7) is 1.88. The molecule has 30 heavy (non-hydrogen) atoms. The number of aromatic nitrogens is 2. The van der Waals surface area contributed by atoms with Crippen LogP contribution >= 0.6 is 0 Å². The molecule has 0 N–H and O–H groups in total. The van der Waals surface area contributed by atoms with Crippen LogP contribution in [0.4, 0.5) is 0 Å². The van der Waals surface area contributed by atoms with Gasteiger partial charge in [-0.2, -0.15) is 9.29 Å². The summed E-state index contributed by atoms with van der Waals surface area (Å²) in [6, 6.07) is 16.8. The van der Waals surface area contributed by atoms with Gasteiger partial charge in [0.25, 0.3) is 0 Å². The van der Waals surface area contributed by atoms with Crippen LogP contribution in [0, 0.1) is 6.92 Å². The van der Waals surface area contributed by atoms with Crippen LogP contribution in [0.3, 0.4) is 0 Å². The Morgan fingerprint density at radius 2 is 1.70 bits per heavy atom. The summed E-state index contributed by atoms with van der Waals surface area (Å²) >= 11 is 0. The molecule has 0 spiro atoms. The predicted octanol–water partition coefficient (Wildman–Crippen LogP) is 2.47. The van der Waals surface area contributed by atoms with Gasteiger partial charge in [-0.1, -0.05) is 59.8 Å². The van der Waals surface area contributed by atoms with Crippen LogP contribution in [-0.4, -0.2) is 53.5 Å². The third-order valence-corrected chi connectivity index (χ3v) is 5.83. The number of sulfonamides is 1. The van der Waals surface area contributed by atoms with E-state index in [1.165, 1.54) is 4.90 Å². The van der Waals surface area contributed by atoms with Crippen LogP contribution in [0.2, 0.25) is 0 Å². The van der Waals surface area contributed by atoms with Crippen molar-refractivity contribution >= 4 is 15.9 Å². The third kappa shape index (κ3) is 5.52. The summed E-state index contributed by atoms with van der Waals surface area (Å²) < 4.78 is 30.7. The lowest BCUT2D eigenvalue weighted by Gasteiger charge is -2.22. The molecule has 0 aliphatic carbocycles. The molecule has 2 aromatic carbocycles. The van der Waals surface area contributed by atoms with Crippen molar-refractivity contribution in [1.82, 2.24) is 19.3 Å². The maximum Gasteiger partial charge on any atom is 0.246 e. The minimum Gasteiger partial charge on any atom is -0.337 e. The van der Waals surface area contributed by atoms with Gasteiger partial charge in [0.15, 0.2) is 0 Å². The van der Waals surface area contributed by atoms with E-state index in [1.54, 1.807) is 7.05 Å². The molecule has 158 valence electrons. The van der Waals surface area contributed by atoms with Gasteiger partial charge in [-0.3, -0.25) is 4.79 Å². The zero-order chi connectivity index (χ0) is 21.7. The van der Waals surface area contributed by atoms with Gasteiger partial charge < -0.3 is 9.42 Å². The van der Waals surface area contributed by atoms with E-state index in [0.717, 1.165) is 27.3 Å². The Hall–Kier alpha value is -3.04. The van der Waals surface area contributed by atoms with Crippen molar-refractivity contribution in [2.45, 2.75) is 20.0 Å². The van der Waals surface area contributed by atoms with Crippen molar-refractivity contribution in [3.8, 4) is 11.4 Å². The second-order valence-electron chi connectivity index (χ2n) is 7.09. The van der Waals surface area contributed by atoms with E-state index in [4.69, 9.17) is 4.52 Å². The normalized spacial score (nSPS) is 11.6. The van der Waals surface area contributed by atoms with Gasteiger partial charge in [0.05, 0.1) is 19.3 Å². The van der Waals surface area contributed by atoms with Crippen molar-refractivity contribution in [3.05, 3.63) is 71.6 Å². The fourth-order valence-corrected chi connectivity index (χ4v) is 3.62. The number of carbonyl (C=O) groups excluding carboxylic acids is 1. The van der Waals surface area contributed by atoms with Gasteiger partial charge in [0.2, 0.25) is 27.6 Å². The third-order valence-electron chi connectivity index (χ3n) is 4.63. The first kappa shape index (κ1) is 21.7. The molecule has 8 nitrogen and oxygen atoms in total. The minimum atomic E-state index is -3.57. The van der Waals surface area contributed by atoms with Crippen LogP contribution < -0.4 is 0 Å². The summed E-state index contributed by atoms with van der Waals surface area (Å²) in [5.74, 6) is 0.357. The topological polar surface area (TPSA) is 96.6 Å². The zero-order valence-electron chi connectivity index (χ0n) is 17.1. The number of hydrogen-bond donors (Lipinski definition) is 0. The van der Waals surface area contributed by atoms with Crippen molar-refractivity contribution < 1.29 is 17.7 Å². The van der Waals surface area contributed by atoms with Gasteiger partial charge in [-0.05, 0) is 18.1 Å². The van der Waals surface area contributed by atoms with Crippen LogP contribution in [0.5, 0.6) is 0 Å². The quantitative estimate of drug-likeness (QED) is 0.547. The molecule has 1 heterocycles. The highest BCUT2D eigenvalue weighted by molar-refractivity contribution is 7.88. The van der Waals surface area contributed by atoms with Crippen molar-refractivity contribution in [2.75, 3.05) is 19.8 Å². The number of aryl methyl sites for hydroxylation is 1. The average molecular weight is 429 g/mol. The molecule has 0 fully saturated rings. The van der Waals surface area contributed by atoms with Crippen LogP contribution in [0.15, 0.2) is 59.1 Å². The standard InChI is InChI=1S/C21H24N4O4S/c1-16-9-7-8-12-18(16)21-22-19(29-23-21)14-24(2)20(26)15-25(30(3,27)28)13-17-10-5-4-6-11-17/h4-12H,13-15H2,1-3H3. The molecular weight excluding hydrogens is 404 g/mol. The summed E-state index contributed by atoms with van der Waals surface area (Å²) in [5, 5.41) is 3.99. The summed E-state index contributed by atoms with van der Waals surface area (Å²) in [7, 11) is -1.99.